The maximum atomic E-state index is 10.2. The van der Waals surface area contributed by atoms with Gasteiger partial charge in [0, 0.05) is 19.6 Å². The Balaban J connectivity index is 0.00000264. The number of hydrogen-bond acceptors (Lipinski definition) is 3. The first-order valence-corrected chi connectivity index (χ1v) is 8.69. The van der Waals surface area contributed by atoms with E-state index in [9.17, 15) is 5.11 Å². The van der Waals surface area contributed by atoms with E-state index in [1.54, 1.807) is 0 Å². The molecule has 23 heavy (non-hydrogen) atoms. The molecule has 3 atom stereocenters. The topological polar surface area (TPSA) is 32.7 Å². The Labute approximate surface area is 147 Å². The lowest BCUT2D eigenvalue weighted by Crippen LogP contribution is -2.43. The summed E-state index contributed by atoms with van der Waals surface area (Å²) in [5, 5.41) is 10.2. The number of hydrogen-bond donors (Lipinski definition) is 1. The zero-order chi connectivity index (χ0) is 15.9. The van der Waals surface area contributed by atoms with Gasteiger partial charge in [0.05, 0.1) is 0 Å². The van der Waals surface area contributed by atoms with E-state index in [0.717, 1.165) is 43.5 Å². The summed E-state index contributed by atoms with van der Waals surface area (Å²) < 4.78 is 5.72. The Morgan fingerprint density at radius 3 is 2.35 bits per heavy atom. The third-order valence-corrected chi connectivity index (χ3v) is 4.32. The zero-order valence-corrected chi connectivity index (χ0v) is 15.5. The number of nitrogens with zero attached hydrogens (tertiary/aromatic N) is 1. The summed E-state index contributed by atoms with van der Waals surface area (Å²) in [5.74, 6) is 2.30. The average molecular weight is 342 g/mol. The molecule has 0 amide bonds. The number of benzene rings is 1. The van der Waals surface area contributed by atoms with Gasteiger partial charge < -0.3 is 14.7 Å². The van der Waals surface area contributed by atoms with Crippen molar-refractivity contribution in [3.8, 4) is 5.75 Å². The smallest absolute Gasteiger partial charge is 0.119 e. The molecule has 0 aliphatic carbocycles. The van der Waals surface area contributed by atoms with Crippen LogP contribution in [0.4, 0.5) is 0 Å². The first-order chi connectivity index (χ1) is 10.6. The number of aliphatic hydroxyl groups excluding tert-OH is 1. The molecule has 2 rings (SSSR count). The fourth-order valence-corrected chi connectivity index (χ4v) is 3.53. The lowest BCUT2D eigenvalue weighted by Gasteiger charge is -2.35. The Hall–Kier alpha value is -0.770. The van der Waals surface area contributed by atoms with Crippen LogP contribution in [0.25, 0.3) is 0 Å². The van der Waals surface area contributed by atoms with E-state index in [-0.39, 0.29) is 12.4 Å². The van der Waals surface area contributed by atoms with Crippen LogP contribution in [-0.4, -0.2) is 42.4 Å². The van der Waals surface area contributed by atoms with Gasteiger partial charge in [0.1, 0.15) is 18.5 Å². The van der Waals surface area contributed by atoms with E-state index in [0.29, 0.717) is 13.2 Å². The van der Waals surface area contributed by atoms with Crippen LogP contribution in [0.2, 0.25) is 0 Å². The summed E-state index contributed by atoms with van der Waals surface area (Å²) in [6, 6.07) is 8.23. The van der Waals surface area contributed by atoms with Gasteiger partial charge in [-0.2, -0.15) is 0 Å². The molecule has 0 spiro atoms. The highest BCUT2D eigenvalue weighted by Gasteiger charge is 2.23. The first kappa shape index (κ1) is 20.3. The average Bonchev–Trinajstić information content (AvgIpc) is 2.46. The molecule has 3 unspecified atom stereocenters. The lowest BCUT2D eigenvalue weighted by atomic mass is 9.92. The number of ether oxygens (including phenoxy) is 1. The SMILES string of the molecule is CCCc1ccc(OCC(O)CN2CC(C)CC(C)C2)cc1.Cl. The lowest BCUT2D eigenvalue weighted by molar-refractivity contribution is 0.0429. The number of piperidine rings is 1. The second-order valence-corrected chi connectivity index (χ2v) is 7.02. The quantitative estimate of drug-likeness (QED) is 0.819. The molecule has 3 nitrogen and oxygen atoms in total. The van der Waals surface area contributed by atoms with Gasteiger partial charge in [0.25, 0.3) is 0 Å². The normalized spacial score (nSPS) is 23.1. The minimum atomic E-state index is -0.423. The van der Waals surface area contributed by atoms with Gasteiger partial charge >= 0.3 is 0 Å². The van der Waals surface area contributed by atoms with Crippen LogP contribution < -0.4 is 4.74 Å². The van der Waals surface area contributed by atoms with Crippen LogP contribution in [-0.2, 0) is 6.42 Å². The maximum absolute atomic E-state index is 10.2. The van der Waals surface area contributed by atoms with E-state index in [1.807, 2.05) is 12.1 Å². The van der Waals surface area contributed by atoms with E-state index < -0.39 is 6.10 Å². The van der Waals surface area contributed by atoms with Crippen molar-refractivity contribution in [1.82, 2.24) is 4.90 Å². The molecule has 1 aliphatic heterocycles. The standard InChI is InChI=1S/C19H31NO2.ClH/c1-4-5-17-6-8-19(9-7-17)22-14-18(21)13-20-11-15(2)10-16(3)12-20;/h6-9,15-16,18,21H,4-5,10-14H2,1-3H3;1H. The van der Waals surface area contributed by atoms with E-state index in [4.69, 9.17) is 4.74 Å². The summed E-state index contributed by atoms with van der Waals surface area (Å²) in [4.78, 5) is 2.37. The van der Waals surface area contributed by atoms with Crippen molar-refractivity contribution in [2.24, 2.45) is 11.8 Å². The summed E-state index contributed by atoms with van der Waals surface area (Å²) in [6.07, 6.45) is 3.14. The number of aryl methyl sites for hydroxylation is 1. The molecule has 1 aromatic carbocycles. The van der Waals surface area contributed by atoms with E-state index >= 15 is 0 Å². The molecule has 132 valence electrons. The molecule has 4 heteroatoms. The molecule has 1 fully saturated rings. The summed E-state index contributed by atoms with van der Waals surface area (Å²) in [7, 11) is 0. The van der Waals surface area contributed by atoms with Crippen molar-refractivity contribution in [3.05, 3.63) is 29.8 Å². The second kappa shape index (κ2) is 10.2. The van der Waals surface area contributed by atoms with Crippen LogP contribution in [0.5, 0.6) is 5.75 Å². The second-order valence-electron chi connectivity index (χ2n) is 7.02. The van der Waals surface area contributed by atoms with Crippen molar-refractivity contribution in [2.75, 3.05) is 26.2 Å². The van der Waals surface area contributed by atoms with Crippen molar-refractivity contribution >= 4 is 12.4 Å². The van der Waals surface area contributed by atoms with Gasteiger partial charge in [-0.25, -0.2) is 0 Å². The Bertz CT molecular complexity index is 428. The van der Waals surface area contributed by atoms with Gasteiger partial charge in [-0.3, -0.25) is 0 Å². The third kappa shape index (κ3) is 7.11. The molecule has 0 saturated carbocycles. The Morgan fingerprint density at radius 2 is 1.78 bits per heavy atom. The van der Waals surface area contributed by atoms with Gasteiger partial charge in [0.2, 0.25) is 0 Å². The fourth-order valence-electron chi connectivity index (χ4n) is 3.53. The van der Waals surface area contributed by atoms with Crippen LogP contribution in [0, 0.1) is 11.8 Å². The van der Waals surface area contributed by atoms with Crippen LogP contribution in [0.15, 0.2) is 24.3 Å². The molecule has 1 aromatic rings. The van der Waals surface area contributed by atoms with Crippen molar-refractivity contribution in [1.29, 1.82) is 0 Å². The van der Waals surface area contributed by atoms with Gasteiger partial charge in [-0.1, -0.05) is 39.3 Å². The number of β-amino-alcohol motifs (C(OH)–C–C–N with tert-alkyl or cyclic N) is 1. The van der Waals surface area contributed by atoms with E-state index in [1.165, 1.54) is 12.0 Å². The van der Waals surface area contributed by atoms with Crippen LogP contribution >= 0.6 is 12.4 Å². The predicted molar refractivity (Wildman–Crippen MR) is 98.6 cm³/mol. The van der Waals surface area contributed by atoms with Crippen molar-refractivity contribution in [3.63, 3.8) is 0 Å². The van der Waals surface area contributed by atoms with Gasteiger partial charge in [-0.05, 0) is 42.4 Å². The van der Waals surface area contributed by atoms with Crippen molar-refractivity contribution in [2.45, 2.75) is 46.1 Å². The third-order valence-electron chi connectivity index (χ3n) is 4.32. The monoisotopic (exact) mass is 341 g/mol. The Kier molecular flexibility index (Phi) is 8.96. The summed E-state index contributed by atoms with van der Waals surface area (Å²) >= 11 is 0. The molecule has 1 heterocycles. The van der Waals surface area contributed by atoms with Crippen LogP contribution in [0.3, 0.4) is 0 Å². The molecular weight excluding hydrogens is 310 g/mol. The molecule has 0 aromatic heterocycles. The van der Waals surface area contributed by atoms with Crippen LogP contribution in [0.1, 0.15) is 39.2 Å². The molecule has 1 saturated heterocycles. The fraction of sp³-hybridized carbons (Fsp3) is 0.684. The number of aliphatic hydroxyl groups is 1. The highest BCUT2D eigenvalue weighted by atomic mass is 35.5. The summed E-state index contributed by atoms with van der Waals surface area (Å²) in [6.45, 7) is 10.0. The number of likely N-dealkylation sites (tertiary alicyclic amines) is 1. The minimum Gasteiger partial charge on any atom is -0.491 e. The molecule has 0 bridgehead atoms. The van der Waals surface area contributed by atoms with Gasteiger partial charge in [0.15, 0.2) is 0 Å². The zero-order valence-electron chi connectivity index (χ0n) is 14.7. The number of rotatable bonds is 7. The molecule has 1 aliphatic rings. The van der Waals surface area contributed by atoms with Crippen molar-refractivity contribution < 1.29 is 9.84 Å². The molecule has 1 N–H and O–H groups in total. The maximum Gasteiger partial charge on any atom is 0.119 e. The highest BCUT2D eigenvalue weighted by Crippen LogP contribution is 2.21. The molecule has 0 radical (unpaired) electrons. The number of halogens is 1. The summed E-state index contributed by atoms with van der Waals surface area (Å²) in [5.41, 5.74) is 1.34. The highest BCUT2D eigenvalue weighted by molar-refractivity contribution is 5.85. The predicted octanol–water partition coefficient (Wildman–Crippen LogP) is 3.78. The minimum absolute atomic E-state index is 0. The molecular formula is C19H32ClNO2. The Morgan fingerprint density at radius 1 is 1.17 bits per heavy atom. The first-order valence-electron chi connectivity index (χ1n) is 8.69. The van der Waals surface area contributed by atoms with E-state index in [2.05, 4.69) is 37.8 Å². The van der Waals surface area contributed by atoms with Gasteiger partial charge in [-0.15, -0.1) is 12.4 Å². The largest absolute Gasteiger partial charge is 0.491 e.